The van der Waals surface area contributed by atoms with Crippen molar-refractivity contribution in [2.45, 2.75) is 50.7 Å². The van der Waals surface area contributed by atoms with Gasteiger partial charge in [-0.1, -0.05) is 18.6 Å². The second kappa shape index (κ2) is 8.47. The van der Waals surface area contributed by atoms with Gasteiger partial charge in [-0.25, -0.2) is 4.98 Å². The Morgan fingerprint density at radius 3 is 3.00 bits per heavy atom. The highest BCUT2D eigenvalue weighted by Crippen LogP contribution is 2.38. The van der Waals surface area contributed by atoms with Crippen molar-refractivity contribution >= 4 is 16.8 Å². The lowest BCUT2D eigenvalue weighted by Gasteiger charge is -2.55. The first-order valence-electron chi connectivity index (χ1n) is 11.4. The molecule has 1 aromatic carbocycles. The number of carbonyl (C=O) groups excluding carboxylic acids is 1. The molecule has 4 atom stereocenters. The van der Waals surface area contributed by atoms with Crippen molar-refractivity contribution in [3.63, 3.8) is 0 Å². The van der Waals surface area contributed by atoms with Gasteiger partial charge in [0.2, 0.25) is 5.91 Å². The van der Waals surface area contributed by atoms with E-state index in [0.29, 0.717) is 48.4 Å². The Kier molecular flexibility index (Phi) is 5.56. The maximum absolute atomic E-state index is 12.6. The molecule has 2 aromatic rings. The lowest BCUT2D eigenvalue weighted by Crippen LogP contribution is -2.65. The van der Waals surface area contributed by atoms with Crippen LogP contribution >= 0.6 is 0 Å². The highest BCUT2D eigenvalue weighted by atomic mass is 16.2. The first kappa shape index (κ1) is 19.7. The maximum atomic E-state index is 12.6. The number of carbonyl (C=O) groups is 1. The third-order valence-electron chi connectivity index (χ3n) is 7.34. The van der Waals surface area contributed by atoms with Gasteiger partial charge in [-0.15, -0.1) is 0 Å². The molecule has 0 aliphatic carbocycles. The van der Waals surface area contributed by atoms with Crippen molar-refractivity contribution in [3.8, 4) is 0 Å². The van der Waals surface area contributed by atoms with Gasteiger partial charge in [0.05, 0.1) is 17.2 Å². The number of piperidine rings is 3. The number of para-hydroxylation sites is 1. The van der Waals surface area contributed by atoms with E-state index in [9.17, 15) is 9.59 Å². The lowest BCUT2D eigenvalue weighted by atomic mass is 9.73. The predicted molar refractivity (Wildman–Crippen MR) is 116 cm³/mol. The van der Waals surface area contributed by atoms with Crippen LogP contribution in [-0.4, -0.2) is 58.6 Å². The van der Waals surface area contributed by atoms with Crippen LogP contribution < -0.4 is 16.2 Å². The SMILES string of the molecule is O=C(CCn1cnc2ccccc2c1=O)NC[C@H]1[C@@H]2CNC[C@@H](C2)[C@@H]2CCCCN21. The molecule has 0 saturated carbocycles. The quantitative estimate of drug-likeness (QED) is 0.780. The molecule has 1 amide bonds. The minimum absolute atomic E-state index is 0.00881. The summed E-state index contributed by atoms with van der Waals surface area (Å²) >= 11 is 0. The molecule has 0 spiro atoms. The fraction of sp³-hybridized carbons (Fsp3) is 0.609. The van der Waals surface area contributed by atoms with Gasteiger partial charge in [-0.2, -0.15) is 0 Å². The maximum Gasteiger partial charge on any atom is 0.261 e. The fourth-order valence-corrected chi connectivity index (χ4v) is 5.84. The van der Waals surface area contributed by atoms with E-state index in [-0.39, 0.29) is 11.5 Å². The molecule has 2 bridgehead atoms. The van der Waals surface area contributed by atoms with Gasteiger partial charge < -0.3 is 10.6 Å². The van der Waals surface area contributed by atoms with Crippen molar-refractivity contribution < 1.29 is 4.79 Å². The van der Waals surface area contributed by atoms with Crippen molar-refractivity contribution in [2.75, 3.05) is 26.2 Å². The van der Waals surface area contributed by atoms with Crippen molar-refractivity contribution in [2.24, 2.45) is 11.8 Å². The highest BCUT2D eigenvalue weighted by Gasteiger charge is 2.45. The Morgan fingerprint density at radius 2 is 2.07 bits per heavy atom. The Labute approximate surface area is 176 Å². The van der Waals surface area contributed by atoms with Gasteiger partial charge in [0.25, 0.3) is 5.56 Å². The number of aromatic nitrogens is 2. The summed E-state index contributed by atoms with van der Waals surface area (Å²) in [5.41, 5.74) is 0.604. The monoisotopic (exact) mass is 409 g/mol. The van der Waals surface area contributed by atoms with E-state index in [1.54, 1.807) is 17.0 Å². The summed E-state index contributed by atoms with van der Waals surface area (Å²) in [5, 5.41) is 7.39. The van der Waals surface area contributed by atoms with Gasteiger partial charge in [0.1, 0.15) is 0 Å². The molecule has 3 aliphatic heterocycles. The Hall–Kier alpha value is -2.25. The standard InChI is InChI=1S/C23H31N5O2/c29-22(8-10-27-15-26-19-6-2-1-5-18(19)23(27)30)25-14-21-17-11-16(12-24-13-17)20-7-3-4-9-28(20)21/h1-2,5-6,15-17,20-21,24H,3-4,7-14H2,(H,25,29)/t16-,17+,20+,21+/m1/s1. The van der Waals surface area contributed by atoms with Gasteiger partial charge in [-0.05, 0) is 62.9 Å². The molecule has 3 fully saturated rings. The van der Waals surface area contributed by atoms with Gasteiger partial charge in [0.15, 0.2) is 0 Å². The highest BCUT2D eigenvalue weighted by molar-refractivity contribution is 5.77. The number of amides is 1. The largest absolute Gasteiger partial charge is 0.354 e. The van der Waals surface area contributed by atoms with E-state index >= 15 is 0 Å². The van der Waals surface area contributed by atoms with E-state index in [1.807, 2.05) is 18.2 Å². The lowest BCUT2D eigenvalue weighted by molar-refractivity contribution is -0.122. The summed E-state index contributed by atoms with van der Waals surface area (Å²) in [6.45, 7) is 4.42. The molecule has 160 valence electrons. The number of fused-ring (bicyclic) bond motifs is 5. The minimum Gasteiger partial charge on any atom is -0.354 e. The second-order valence-corrected chi connectivity index (χ2v) is 9.10. The summed E-state index contributed by atoms with van der Waals surface area (Å²) in [4.78, 5) is 32.2. The van der Waals surface area contributed by atoms with E-state index in [2.05, 4.69) is 20.5 Å². The van der Waals surface area contributed by atoms with Crippen molar-refractivity contribution in [1.82, 2.24) is 25.1 Å². The van der Waals surface area contributed by atoms with Crippen molar-refractivity contribution in [1.29, 1.82) is 0 Å². The Balaban J connectivity index is 1.20. The number of rotatable bonds is 5. The molecule has 30 heavy (non-hydrogen) atoms. The molecular weight excluding hydrogens is 378 g/mol. The van der Waals surface area contributed by atoms with Crippen LogP contribution in [0, 0.1) is 11.8 Å². The number of nitrogens with one attached hydrogen (secondary N) is 2. The van der Waals surface area contributed by atoms with Crippen LogP contribution in [0.4, 0.5) is 0 Å². The van der Waals surface area contributed by atoms with E-state index in [0.717, 1.165) is 25.6 Å². The fourth-order valence-electron chi connectivity index (χ4n) is 5.84. The average molecular weight is 410 g/mol. The van der Waals surface area contributed by atoms with E-state index in [4.69, 9.17) is 0 Å². The van der Waals surface area contributed by atoms with Gasteiger partial charge >= 0.3 is 0 Å². The molecule has 7 heteroatoms. The molecule has 7 nitrogen and oxygen atoms in total. The van der Waals surface area contributed by atoms with Gasteiger partial charge in [-0.3, -0.25) is 19.1 Å². The normalized spacial score (nSPS) is 28.8. The Morgan fingerprint density at radius 1 is 1.20 bits per heavy atom. The predicted octanol–water partition coefficient (Wildman–Crippen LogP) is 1.37. The summed E-state index contributed by atoms with van der Waals surface area (Å²) in [6, 6.07) is 8.42. The number of nitrogens with zero attached hydrogens (tertiary/aromatic N) is 3. The summed E-state index contributed by atoms with van der Waals surface area (Å²) in [6.07, 6.45) is 7.02. The van der Waals surface area contributed by atoms with Crippen LogP contribution in [0.2, 0.25) is 0 Å². The zero-order chi connectivity index (χ0) is 20.5. The van der Waals surface area contributed by atoms with Gasteiger partial charge in [0, 0.05) is 31.6 Å². The molecule has 0 unspecified atom stereocenters. The molecule has 4 heterocycles. The first-order chi connectivity index (χ1) is 14.7. The molecule has 5 rings (SSSR count). The molecule has 1 aromatic heterocycles. The average Bonchev–Trinajstić information content (AvgIpc) is 2.79. The number of benzene rings is 1. The third kappa shape index (κ3) is 3.76. The summed E-state index contributed by atoms with van der Waals surface area (Å²) in [7, 11) is 0. The molecule has 2 N–H and O–H groups in total. The smallest absolute Gasteiger partial charge is 0.261 e. The molecule has 3 saturated heterocycles. The van der Waals surface area contributed by atoms with Crippen LogP contribution in [0.25, 0.3) is 10.9 Å². The minimum atomic E-state index is -0.0869. The third-order valence-corrected chi connectivity index (χ3v) is 7.34. The van der Waals surface area contributed by atoms with Crippen LogP contribution in [-0.2, 0) is 11.3 Å². The van der Waals surface area contributed by atoms with E-state index < -0.39 is 0 Å². The topological polar surface area (TPSA) is 79.3 Å². The second-order valence-electron chi connectivity index (χ2n) is 9.10. The Bertz CT molecular complexity index is 973. The zero-order valence-corrected chi connectivity index (χ0v) is 17.4. The van der Waals surface area contributed by atoms with E-state index in [1.165, 1.54) is 25.7 Å². The summed E-state index contributed by atoms with van der Waals surface area (Å²) < 4.78 is 1.54. The zero-order valence-electron chi connectivity index (χ0n) is 17.4. The molecular formula is C23H31N5O2. The van der Waals surface area contributed by atoms with Crippen LogP contribution in [0.5, 0.6) is 0 Å². The molecule has 0 radical (unpaired) electrons. The molecule has 3 aliphatic rings. The van der Waals surface area contributed by atoms with Crippen LogP contribution in [0.1, 0.15) is 32.1 Å². The number of aryl methyl sites for hydroxylation is 1. The first-order valence-corrected chi connectivity index (χ1v) is 11.4. The van der Waals surface area contributed by atoms with Crippen LogP contribution in [0.15, 0.2) is 35.4 Å². The number of hydrogen-bond donors (Lipinski definition) is 2. The van der Waals surface area contributed by atoms with Crippen molar-refractivity contribution in [3.05, 3.63) is 40.9 Å². The van der Waals surface area contributed by atoms with Crippen LogP contribution in [0.3, 0.4) is 0 Å². The summed E-state index contributed by atoms with van der Waals surface area (Å²) in [5.74, 6) is 1.39. The number of hydrogen-bond acceptors (Lipinski definition) is 5.